The van der Waals surface area contributed by atoms with Crippen LogP contribution in [0.2, 0.25) is 0 Å². The Morgan fingerprint density at radius 1 is 1.43 bits per heavy atom. The van der Waals surface area contributed by atoms with Gasteiger partial charge in [-0.15, -0.1) is 0 Å². The van der Waals surface area contributed by atoms with Crippen LogP contribution in [-0.2, 0) is 6.42 Å². The van der Waals surface area contributed by atoms with Crippen molar-refractivity contribution in [2.75, 3.05) is 6.61 Å². The maximum Gasteiger partial charge on any atom is 0.269 e. The molecule has 5 nitrogen and oxygen atoms in total. The molecule has 0 radical (unpaired) electrons. The van der Waals surface area contributed by atoms with Gasteiger partial charge in [-0.05, 0) is 18.9 Å². The van der Waals surface area contributed by atoms with Crippen LogP contribution in [0.15, 0.2) is 18.2 Å². The summed E-state index contributed by atoms with van der Waals surface area (Å²) in [5.41, 5.74) is 0.448. The fraction of sp³-hybridized carbons (Fsp3) is 0.333. The highest BCUT2D eigenvalue weighted by molar-refractivity contribution is 5.42. The van der Waals surface area contributed by atoms with Crippen molar-refractivity contribution >= 4 is 5.69 Å². The highest BCUT2D eigenvalue weighted by Gasteiger charge is 2.09. The van der Waals surface area contributed by atoms with E-state index in [0.29, 0.717) is 18.4 Å². The summed E-state index contributed by atoms with van der Waals surface area (Å²) in [5, 5.41) is 28.3. The van der Waals surface area contributed by atoms with Gasteiger partial charge < -0.3 is 10.2 Å². The van der Waals surface area contributed by atoms with Crippen LogP contribution in [0.4, 0.5) is 5.69 Å². The second kappa shape index (κ2) is 4.57. The molecule has 1 aromatic rings. The van der Waals surface area contributed by atoms with E-state index in [2.05, 4.69) is 0 Å². The molecule has 0 amide bonds. The van der Waals surface area contributed by atoms with Crippen LogP contribution in [-0.4, -0.2) is 21.7 Å². The average molecular weight is 197 g/mol. The number of aryl methyl sites for hydroxylation is 1. The third-order valence-corrected chi connectivity index (χ3v) is 1.88. The molecule has 0 unspecified atom stereocenters. The minimum atomic E-state index is -0.512. The summed E-state index contributed by atoms with van der Waals surface area (Å²) in [5.74, 6) is 0.0315. The summed E-state index contributed by atoms with van der Waals surface area (Å²) in [6, 6.07) is 3.87. The Labute approximate surface area is 80.8 Å². The van der Waals surface area contributed by atoms with Gasteiger partial charge in [0.1, 0.15) is 5.75 Å². The standard InChI is InChI=1S/C9H11NO4/c11-5-1-2-7-6-8(10(13)14)3-4-9(7)12/h3-4,6,11-12H,1-2,5H2. The molecule has 0 aromatic heterocycles. The van der Waals surface area contributed by atoms with Crippen molar-refractivity contribution in [1.29, 1.82) is 0 Å². The number of nitro groups is 1. The molecule has 0 heterocycles. The zero-order valence-corrected chi connectivity index (χ0v) is 7.51. The van der Waals surface area contributed by atoms with Gasteiger partial charge in [-0.25, -0.2) is 0 Å². The number of non-ortho nitro benzene ring substituents is 1. The van der Waals surface area contributed by atoms with E-state index in [-0.39, 0.29) is 18.0 Å². The molecule has 0 atom stereocenters. The van der Waals surface area contributed by atoms with Crippen molar-refractivity contribution in [3.05, 3.63) is 33.9 Å². The zero-order chi connectivity index (χ0) is 10.6. The van der Waals surface area contributed by atoms with Crippen LogP contribution in [0.5, 0.6) is 5.75 Å². The molecule has 14 heavy (non-hydrogen) atoms. The first-order valence-electron chi connectivity index (χ1n) is 4.22. The molecular weight excluding hydrogens is 186 g/mol. The lowest BCUT2D eigenvalue weighted by atomic mass is 10.1. The summed E-state index contributed by atoms with van der Waals surface area (Å²) in [6.45, 7) is 0.00211. The molecular formula is C9H11NO4. The van der Waals surface area contributed by atoms with Gasteiger partial charge in [0.05, 0.1) is 4.92 Å². The van der Waals surface area contributed by atoms with Crippen molar-refractivity contribution in [3.63, 3.8) is 0 Å². The van der Waals surface area contributed by atoms with Gasteiger partial charge in [0.2, 0.25) is 0 Å². The second-order valence-electron chi connectivity index (χ2n) is 2.90. The average Bonchev–Trinajstić information content (AvgIpc) is 2.16. The van der Waals surface area contributed by atoms with Gasteiger partial charge in [0, 0.05) is 24.3 Å². The predicted octanol–water partition coefficient (Wildman–Crippen LogP) is 1.23. The second-order valence-corrected chi connectivity index (χ2v) is 2.90. The third kappa shape index (κ3) is 2.43. The van der Waals surface area contributed by atoms with Crippen LogP contribution in [0.25, 0.3) is 0 Å². The Bertz CT molecular complexity index is 338. The first-order valence-corrected chi connectivity index (χ1v) is 4.22. The van der Waals surface area contributed by atoms with Gasteiger partial charge >= 0.3 is 0 Å². The topological polar surface area (TPSA) is 83.6 Å². The van der Waals surface area contributed by atoms with Crippen molar-refractivity contribution in [2.45, 2.75) is 12.8 Å². The fourth-order valence-corrected chi connectivity index (χ4v) is 1.16. The number of nitrogens with zero attached hydrogens (tertiary/aromatic N) is 1. The number of aliphatic hydroxyl groups excluding tert-OH is 1. The lowest BCUT2D eigenvalue weighted by Crippen LogP contribution is -1.93. The normalized spacial score (nSPS) is 10.1. The van der Waals surface area contributed by atoms with Gasteiger partial charge in [-0.2, -0.15) is 0 Å². The van der Waals surface area contributed by atoms with Crippen molar-refractivity contribution in [2.24, 2.45) is 0 Å². The molecule has 0 aliphatic carbocycles. The largest absolute Gasteiger partial charge is 0.508 e. The van der Waals surface area contributed by atoms with Gasteiger partial charge in [0.15, 0.2) is 0 Å². The van der Waals surface area contributed by atoms with Crippen LogP contribution in [0, 0.1) is 10.1 Å². The number of phenols is 1. The van der Waals surface area contributed by atoms with Gasteiger partial charge in [0.25, 0.3) is 5.69 Å². The van der Waals surface area contributed by atoms with E-state index in [1.54, 1.807) is 0 Å². The van der Waals surface area contributed by atoms with E-state index >= 15 is 0 Å². The third-order valence-electron chi connectivity index (χ3n) is 1.88. The quantitative estimate of drug-likeness (QED) is 0.561. The molecule has 0 fully saturated rings. The van der Waals surface area contributed by atoms with Crippen LogP contribution < -0.4 is 0 Å². The molecule has 0 bridgehead atoms. The number of hydrogen-bond donors (Lipinski definition) is 2. The number of aliphatic hydroxyl groups is 1. The van der Waals surface area contributed by atoms with Crippen molar-refractivity contribution in [3.8, 4) is 5.75 Å². The molecule has 5 heteroatoms. The molecule has 0 aliphatic heterocycles. The number of nitro benzene ring substituents is 1. The molecule has 0 saturated carbocycles. The number of aromatic hydroxyl groups is 1. The highest BCUT2D eigenvalue weighted by atomic mass is 16.6. The van der Waals surface area contributed by atoms with E-state index < -0.39 is 4.92 Å². The van der Waals surface area contributed by atoms with Crippen molar-refractivity contribution in [1.82, 2.24) is 0 Å². The fourth-order valence-electron chi connectivity index (χ4n) is 1.16. The maximum absolute atomic E-state index is 10.4. The van der Waals surface area contributed by atoms with E-state index in [1.807, 2.05) is 0 Å². The van der Waals surface area contributed by atoms with E-state index in [9.17, 15) is 15.2 Å². The molecule has 1 rings (SSSR count). The lowest BCUT2D eigenvalue weighted by molar-refractivity contribution is -0.384. The summed E-state index contributed by atoms with van der Waals surface area (Å²) in [4.78, 5) is 9.90. The summed E-state index contributed by atoms with van der Waals surface area (Å²) >= 11 is 0. The van der Waals surface area contributed by atoms with Crippen LogP contribution >= 0.6 is 0 Å². The number of benzene rings is 1. The smallest absolute Gasteiger partial charge is 0.269 e. The first kappa shape index (κ1) is 10.5. The Kier molecular flexibility index (Phi) is 3.41. The number of hydrogen-bond acceptors (Lipinski definition) is 4. The monoisotopic (exact) mass is 197 g/mol. The predicted molar refractivity (Wildman–Crippen MR) is 50.2 cm³/mol. The number of rotatable bonds is 4. The van der Waals surface area contributed by atoms with Gasteiger partial charge in [-0.3, -0.25) is 10.1 Å². The Morgan fingerprint density at radius 2 is 2.14 bits per heavy atom. The maximum atomic E-state index is 10.4. The van der Waals surface area contributed by atoms with Gasteiger partial charge in [-0.1, -0.05) is 0 Å². The van der Waals surface area contributed by atoms with Crippen LogP contribution in [0.3, 0.4) is 0 Å². The first-order chi connectivity index (χ1) is 6.65. The van der Waals surface area contributed by atoms with Crippen molar-refractivity contribution < 1.29 is 15.1 Å². The Morgan fingerprint density at radius 3 is 2.71 bits per heavy atom. The molecule has 0 aliphatic rings. The minimum absolute atomic E-state index is 0.00211. The molecule has 2 N–H and O–H groups in total. The Hall–Kier alpha value is -1.62. The zero-order valence-electron chi connectivity index (χ0n) is 7.51. The Balaban J connectivity index is 2.90. The SMILES string of the molecule is O=[N+]([O-])c1ccc(O)c(CCCO)c1. The lowest BCUT2D eigenvalue weighted by Gasteiger charge is -2.02. The molecule has 76 valence electrons. The van der Waals surface area contributed by atoms with E-state index in [0.717, 1.165) is 0 Å². The molecule has 1 aromatic carbocycles. The summed E-state index contributed by atoms with van der Waals surface area (Å²) in [6.07, 6.45) is 0.915. The van der Waals surface area contributed by atoms with E-state index in [1.165, 1.54) is 18.2 Å². The number of phenolic OH excluding ortho intramolecular Hbond substituents is 1. The van der Waals surface area contributed by atoms with E-state index in [4.69, 9.17) is 5.11 Å². The summed E-state index contributed by atoms with van der Waals surface area (Å²) in [7, 11) is 0. The molecule has 0 saturated heterocycles. The summed E-state index contributed by atoms with van der Waals surface area (Å²) < 4.78 is 0. The minimum Gasteiger partial charge on any atom is -0.508 e. The van der Waals surface area contributed by atoms with Crippen LogP contribution in [0.1, 0.15) is 12.0 Å². The molecule has 0 spiro atoms. The highest BCUT2D eigenvalue weighted by Crippen LogP contribution is 2.23.